The number of hydrogen-bond acceptors (Lipinski definition) is 2. The number of carbonyl (C=O) groups excluding carboxylic acids is 1. The highest BCUT2D eigenvalue weighted by Crippen LogP contribution is 2.17. The summed E-state index contributed by atoms with van der Waals surface area (Å²) in [6.45, 7) is 1.34. The van der Waals surface area contributed by atoms with Gasteiger partial charge in [-0.05, 0) is 11.4 Å². The SMILES string of the molecule is C#CCN1CC(CN=[N+]=[N-])CC1=O. The largest absolute Gasteiger partial charge is 0.331 e. The Kier molecular flexibility index (Phi) is 3.18. The molecule has 1 unspecified atom stereocenters. The molecule has 1 rings (SSSR count). The molecule has 0 spiro atoms. The molecular weight excluding hydrogens is 168 g/mol. The van der Waals surface area contributed by atoms with E-state index in [1.54, 1.807) is 4.90 Å². The average Bonchev–Trinajstić information content (AvgIpc) is 2.45. The van der Waals surface area contributed by atoms with E-state index in [4.69, 9.17) is 12.0 Å². The maximum absolute atomic E-state index is 11.2. The fraction of sp³-hybridized carbons (Fsp3) is 0.625. The lowest BCUT2D eigenvalue weighted by Gasteiger charge is -2.11. The molecule has 1 fully saturated rings. The minimum atomic E-state index is 0.0519. The van der Waals surface area contributed by atoms with Crippen LogP contribution in [0, 0.1) is 18.3 Å². The van der Waals surface area contributed by atoms with Crippen LogP contribution >= 0.6 is 0 Å². The molecule has 0 N–H and O–H groups in total. The van der Waals surface area contributed by atoms with Gasteiger partial charge in [0, 0.05) is 24.4 Å². The van der Waals surface area contributed by atoms with Gasteiger partial charge in [-0.1, -0.05) is 11.0 Å². The Morgan fingerprint density at radius 3 is 3.23 bits per heavy atom. The predicted octanol–water partition coefficient (Wildman–Crippen LogP) is 0.778. The lowest BCUT2D eigenvalue weighted by atomic mass is 10.1. The second kappa shape index (κ2) is 4.39. The van der Waals surface area contributed by atoms with Gasteiger partial charge in [-0.2, -0.15) is 0 Å². The lowest BCUT2D eigenvalue weighted by molar-refractivity contribution is -0.127. The molecule has 13 heavy (non-hydrogen) atoms. The first-order chi connectivity index (χ1) is 6.27. The zero-order chi connectivity index (χ0) is 9.68. The van der Waals surface area contributed by atoms with E-state index in [1.165, 1.54) is 0 Å². The van der Waals surface area contributed by atoms with Crippen molar-refractivity contribution < 1.29 is 4.79 Å². The van der Waals surface area contributed by atoms with Crippen LogP contribution < -0.4 is 0 Å². The van der Waals surface area contributed by atoms with Crippen LogP contribution in [0.5, 0.6) is 0 Å². The van der Waals surface area contributed by atoms with Crippen molar-refractivity contribution in [1.29, 1.82) is 0 Å². The second-order valence-electron chi connectivity index (χ2n) is 2.96. The van der Waals surface area contributed by atoms with Gasteiger partial charge in [0.25, 0.3) is 0 Å². The van der Waals surface area contributed by atoms with Gasteiger partial charge >= 0.3 is 0 Å². The number of rotatable bonds is 3. The van der Waals surface area contributed by atoms with Crippen LogP contribution in [0.25, 0.3) is 10.4 Å². The molecule has 68 valence electrons. The molecule has 0 saturated carbocycles. The van der Waals surface area contributed by atoms with Gasteiger partial charge in [0.1, 0.15) is 0 Å². The van der Waals surface area contributed by atoms with Gasteiger partial charge in [0.05, 0.1) is 6.54 Å². The van der Waals surface area contributed by atoms with Crippen LogP contribution in [0.2, 0.25) is 0 Å². The summed E-state index contributed by atoms with van der Waals surface area (Å²) in [7, 11) is 0. The number of likely N-dealkylation sites (tertiary alicyclic amines) is 1. The number of nitrogens with zero attached hydrogens (tertiary/aromatic N) is 4. The summed E-state index contributed by atoms with van der Waals surface area (Å²) in [5.74, 6) is 2.61. The van der Waals surface area contributed by atoms with Crippen LogP contribution in [0.15, 0.2) is 5.11 Å². The summed E-state index contributed by atoms with van der Waals surface area (Å²) in [4.78, 5) is 15.5. The minimum Gasteiger partial charge on any atom is -0.331 e. The van der Waals surface area contributed by atoms with Gasteiger partial charge in [0.2, 0.25) is 5.91 Å². The average molecular weight is 178 g/mol. The zero-order valence-electron chi connectivity index (χ0n) is 7.18. The molecule has 1 aliphatic rings. The Hall–Kier alpha value is -1.66. The molecule has 1 aliphatic heterocycles. The Labute approximate surface area is 76.3 Å². The highest BCUT2D eigenvalue weighted by atomic mass is 16.2. The van der Waals surface area contributed by atoms with Crippen molar-refractivity contribution in [2.75, 3.05) is 19.6 Å². The lowest BCUT2D eigenvalue weighted by Crippen LogP contribution is -2.25. The molecule has 0 aliphatic carbocycles. The molecule has 0 aromatic heterocycles. The van der Waals surface area contributed by atoms with Crippen molar-refractivity contribution in [2.45, 2.75) is 6.42 Å². The number of azide groups is 1. The molecule has 5 heteroatoms. The topological polar surface area (TPSA) is 69.1 Å². The number of carbonyl (C=O) groups is 1. The molecule has 0 bridgehead atoms. The van der Waals surface area contributed by atoms with E-state index >= 15 is 0 Å². The van der Waals surface area contributed by atoms with Crippen molar-refractivity contribution in [3.63, 3.8) is 0 Å². The third-order valence-corrected chi connectivity index (χ3v) is 1.98. The van der Waals surface area contributed by atoms with Crippen molar-refractivity contribution in [3.05, 3.63) is 10.4 Å². The van der Waals surface area contributed by atoms with Gasteiger partial charge in [-0.25, -0.2) is 0 Å². The Morgan fingerprint density at radius 2 is 2.62 bits per heavy atom. The monoisotopic (exact) mass is 178 g/mol. The summed E-state index contributed by atoms with van der Waals surface area (Å²) in [6.07, 6.45) is 5.54. The zero-order valence-corrected chi connectivity index (χ0v) is 7.18. The number of hydrogen-bond donors (Lipinski definition) is 0. The fourth-order valence-corrected chi connectivity index (χ4v) is 1.39. The van der Waals surface area contributed by atoms with Crippen molar-refractivity contribution in [1.82, 2.24) is 4.90 Å². The molecule has 0 radical (unpaired) electrons. The van der Waals surface area contributed by atoms with E-state index in [2.05, 4.69) is 15.9 Å². The summed E-state index contributed by atoms with van der Waals surface area (Å²) < 4.78 is 0. The van der Waals surface area contributed by atoms with Crippen molar-refractivity contribution >= 4 is 5.91 Å². The molecule has 1 heterocycles. The van der Waals surface area contributed by atoms with Crippen LogP contribution in [-0.2, 0) is 4.79 Å². The summed E-state index contributed by atoms with van der Waals surface area (Å²) in [5.41, 5.74) is 8.09. The number of terminal acetylenes is 1. The molecule has 0 aromatic rings. The summed E-state index contributed by atoms with van der Waals surface area (Å²) in [6, 6.07) is 0. The van der Waals surface area contributed by atoms with Gasteiger partial charge in [-0.3, -0.25) is 4.79 Å². The van der Waals surface area contributed by atoms with E-state index < -0.39 is 0 Å². The third kappa shape index (κ3) is 2.39. The highest BCUT2D eigenvalue weighted by molar-refractivity contribution is 5.78. The maximum Gasteiger partial charge on any atom is 0.223 e. The number of amides is 1. The van der Waals surface area contributed by atoms with Crippen LogP contribution in [0.3, 0.4) is 0 Å². The first-order valence-corrected chi connectivity index (χ1v) is 4.00. The van der Waals surface area contributed by atoms with Crippen LogP contribution in [0.4, 0.5) is 0 Å². The molecule has 1 atom stereocenters. The first-order valence-electron chi connectivity index (χ1n) is 4.00. The van der Waals surface area contributed by atoms with E-state index in [9.17, 15) is 4.79 Å². The Balaban J connectivity index is 2.45. The van der Waals surface area contributed by atoms with Crippen molar-refractivity contribution in [2.24, 2.45) is 11.0 Å². The van der Waals surface area contributed by atoms with E-state index in [0.717, 1.165) is 0 Å². The normalized spacial score (nSPS) is 21.0. The van der Waals surface area contributed by atoms with Gasteiger partial charge < -0.3 is 4.90 Å². The Bertz CT molecular complexity index is 287. The van der Waals surface area contributed by atoms with Gasteiger partial charge in [-0.15, -0.1) is 6.42 Å². The third-order valence-electron chi connectivity index (χ3n) is 1.98. The predicted molar refractivity (Wildman–Crippen MR) is 47.5 cm³/mol. The quantitative estimate of drug-likeness (QED) is 0.272. The van der Waals surface area contributed by atoms with E-state index in [0.29, 0.717) is 26.1 Å². The molecule has 1 amide bonds. The maximum atomic E-state index is 11.2. The van der Waals surface area contributed by atoms with Gasteiger partial charge in [0.15, 0.2) is 0 Å². The second-order valence-corrected chi connectivity index (χ2v) is 2.96. The summed E-state index contributed by atoms with van der Waals surface area (Å²) in [5, 5.41) is 3.43. The van der Waals surface area contributed by atoms with Crippen molar-refractivity contribution in [3.8, 4) is 12.3 Å². The molecule has 1 saturated heterocycles. The molecular formula is C8H10N4O. The highest BCUT2D eigenvalue weighted by Gasteiger charge is 2.27. The Morgan fingerprint density at radius 1 is 1.85 bits per heavy atom. The first kappa shape index (κ1) is 9.43. The fourth-order valence-electron chi connectivity index (χ4n) is 1.39. The summed E-state index contributed by atoms with van der Waals surface area (Å²) >= 11 is 0. The smallest absolute Gasteiger partial charge is 0.223 e. The molecule has 5 nitrogen and oxygen atoms in total. The van der Waals surface area contributed by atoms with E-state index in [1.807, 2.05) is 0 Å². The van der Waals surface area contributed by atoms with E-state index in [-0.39, 0.29) is 11.8 Å². The van der Waals surface area contributed by atoms with Crippen LogP contribution in [0.1, 0.15) is 6.42 Å². The minimum absolute atomic E-state index is 0.0519. The molecule has 0 aromatic carbocycles. The standard InChI is InChI=1S/C8H10N4O/c1-2-3-12-6-7(4-8(12)13)5-10-11-9/h1,7H,3-6H2. The van der Waals surface area contributed by atoms with Crippen LogP contribution in [-0.4, -0.2) is 30.4 Å².